The highest BCUT2D eigenvalue weighted by molar-refractivity contribution is 5.79. The van der Waals surface area contributed by atoms with Crippen LogP contribution in [0.3, 0.4) is 0 Å². The molecular weight excluding hydrogens is 366 g/mol. The smallest absolute Gasteiger partial charge is 0.251 e. The van der Waals surface area contributed by atoms with E-state index in [-0.39, 0.29) is 12.3 Å². The number of amides is 1. The molecule has 0 bridgehead atoms. The second-order valence-electron chi connectivity index (χ2n) is 7.10. The molecule has 0 aliphatic carbocycles. The Bertz CT molecular complexity index is 1010. The average molecular weight is 393 g/mol. The minimum absolute atomic E-state index is 0.0352. The van der Waals surface area contributed by atoms with Crippen molar-refractivity contribution in [1.82, 2.24) is 25.1 Å². The maximum atomic E-state index is 12.5. The summed E-state index contributed by atoms with van der Waals surface area (Å²) in [6, 6.07) is 9.76. The summed E-state index contributed by atoms with van der Waals surface area (Å²) in [5, 5.41) is 7.55. The molecule has 0 atom stereocenters. The molecule has 0 aliphatic heterocycles. The lowest BCUT2D eigenvalue weighted by atomic mass is 10.1. The standard InChI is InChI=1S/C22H27N5O2/c1-14-12-15(2)25-22(24-14)27-17(4)19(16(3)26-27)13-21(28)23-11-10-18-8-6-7-9-20(18)29-5/h6-9,12H,10-11,13H2,1-5H3,(H,23,28). The third-order valence-corrected chi connectivity index (χ3v) is 4.85. The molecule has 1 amide bonds. The number of hydrogen-bond donors (Lipinski definition) is 1. The summed E-state index contributed by atoms with van der Waals surface area (Å²) in [4.78, 5) is 21.5. The van der Waals surface area contributed by atoms with Gasteiger partial charge in [-0.3, -0.25) is 4.79 Å². The van der Waals surface area contributed by atoms with Gasteiger partial charge >= 0.3 is 0 Å². The van der Waals surface area contributed by atoms with Crippen molar-refractivity contribution in [2.75, 3.05) is 13.7 Å². The lowest BCUT2D eigenvalue weighted by Gasteiger charge is -2.09. The molecule has 2 heterocycles. The SMILES string of the molecule is COc1ccccc1CCNC(=O)Cc1c(C)nn(-c2nc(C)cc(C)n2)c1C. The highest BCUT2D eigenvalue weighted by Crippen LogP contribution is 2.18. The second-order valence-corrected chi connectivity index (χ2v) is 7.10. The fourth-order valence-electron chi connectivity index (χ4n) is 3.40. The number of nitrogens with one attached hydrogen (secondary N) is 1. The number of aromatic nitrogens is 4. The van der Waals surface area contributed by atoms with Crippen molar-refractivity contribution in [3.8, 4) is 11.7 Å². The molecule has 29 heavy (non-hydrogen) atoms. The molecule has 0 spiro atoms. The molecule has 3 aromatic rings. The summed E-state index contributed by atoms with van der Waals surface area (Å²) < 4.78 is 7.07. The van der Waals surface area contributed by atoms with Gasteiger partial charge in [0.05, 0.1) is 19.2 Å². The van der Waals surface area contributed by atoms with Crippen LogP contribution in [0.15, 0.2) is 30.3 Å². The Balaban J connectivity index is 1.67. The number of carbonyl (C=O) groups is 1. The van der Waals surface area contributed by atoms with Gasteiger partial charge in [-0.25, -0.2) is 14.6 Å². The minimum atomic E-state index is -0.0352. The molecular formula is C22H27N5O2. The predicted octanol–water partition coefficient (Wildman–Crippen LogP) is 2.81. The van der Waals surface area contributed by atoms with Crippen molar-refractivity contribution in [3.05, 3.63) is 64.2 Å². The number of benzene rings is 1. The van der Waals surface area contributed by atoms with E-state index in [0.717, 1.165) is 39.7 Å². The Kier molecular flexibility index (Phi) is 6.26. The fraction of sp³-hybridized carbons (Fsp3) is 0.364. The number of methoxy groups -OCH3 is 1. The molecule has 1 aromatic carbocycles. The van der Waals surface area contributed by atoms with Crippen molar-refractivity contribution in [3.63, 3.8) is 0 Å². The lowest BCUT2D eigenvalue weighted by molar-refractivity contribution is -0.120. The molecule has 0 fully saturated rings. The van der Waals surface area contributed by atoms with Crippen LogP contribution >= 0.6 is 0 Å². The quantitative estimate of drug-likeness (QED) is 0.667. The summed E-state index contributed by atoms with van der Waals surface area (Å²) >= 11 is 0. The molecule has 7 nitrogen and oxygen atoms in total. The summed E-state index contributed by atoms with van der Waals surface area (Å²) in [6.45, 7) is 8.26. The maximum Gasteiger partial charge on any atom is 0.251 e. The average Bonchev–Trinajstić information content (AvgIpc) is 2.96. The maximum absolute atomic E-state index is 12.5. The van der Waals surface area contributed by atoms with E-state index < -0.39 is 0 Å². The van der Waals surface area contributed by atoms with Crippen molar-refractivity contribution < 1.29 is 9.53 Å². The summed E-state index contributed by atoms with van der Waals surface area (Å²) in [7, 11) is 1.65. The topological polar surface area (TPSA) is 81.9 Å². The van der Waals surface area contributed by atoms with Crippen LogP contribution in [-0.4, -0.2) is 39.3 Å². The van der Waals surface area contributed by atoms with E-state index in [1.165, 1.54) is 0 Å². The number of ether oxygens (including phenoxy) is 1. The third-order valence-electron chi connectivity index (χ3n) is 4.85. The van der Waals surface area contributed by atoms with Gasteiger partial charge in [0.15, 0.2) is 0 Å². The molecule has 2 aromatic heterocycles. The van der Waals surface area contributed by atoms with Crippen LogP contribution < -0.4 is 10.1 Å². The first-order valence-electron chi connectivity index (χ1n) is 9.65. The van der Waals surface area contributed by atoms with Gasteiger partial charge in [-0.1, -0.05) is 18.2 Å². The van der Waals surface area contributed by atoms with Gasteiger partial charge in [0.1, 0.15) is 5.75 Å². The molecule has 0 aliphatic rings. The van der Waals surface area contributed by atoms with Gasteiger partial charge < -0.3 is 10.1 Å². The van der Waals surface area contributed by atoms with Crippen molar-refractivity contribution >= 4 is 5.91 Å². The first kappa shape index (κ1) is 20.5. The van der Waals surface area contributed by atoms with Crippen LogP contribution in [0.4, 0.5) is 0 Å². The highest BCUT2D eigenvalue weighted by Gasteiger charge is 2.17. The number of rotatable bonds is 7. The Morgan fingerprint density at radius 1 is 1.10 bits per heavy atom. The van der Waals surface area contributed by atoms with Crippen LogP contribution in [0, 0.1) is 27.7 Å². The van der Waals surface area contributed by atoms with Gasteiger partial charge in [-0.15, -0.1) is 0 Å². The largest absolute Gasteiger partial charge is 0.496 e. The van der Waals surface area contributed by atoms with E-state index in [1.807, 2.05) is 58.0 Å². The van der Waals surface area contributed by atoms with Crippen LogP contribution in [-0.2, 0) is 17.6 Å². The normalized spacial score (nSPS) is 10.8. The Morgan fingerprint density at radius 2 is 1.79 bits per heavy atom. The van der Waals surface area contributed by atoms with E-state index in [0.29, 0.717) is 18.9 Å². The Morgan fingerprint density at radius 3 is 2.48 bits per heavy atom. The number of nitrogens with zero attached hydrogens (tertiary/aromatic N) is 4. The van der Waals surface area contributed by atoms with E-state index in [9.17, 15) is 4.79 Å². The second kappa shape index (κ2) is 8.86. The van der Waals surface area contributed by atoms with E-state index in [1.54, 1.807) is 11.8 Å². The number of carbonyl (C=O) groups excluding carboxylic acids is 1. The predicted molar refractivity (Wildman–Crippen MR) is 112 cm³/mol. The van der Waals surface area contributed by atoms with Gasteiger partial charge in [0.25, 0.3) is 5.95 Å². The molecule has 0 saturated carbocycles. The highest BCUT2D eigenvalue weighted by atomic mass is 16.5. The van der Waals surface area contributed by atoms with Gasteiger partial charge in [0, 0.05) is 29.2 Å². The van der Waals surface area contributed by atoms with Gasteiger partial charge in [-0.05, 0) is 51.8 Å². The van der Waals surface area contributed by atoms with Crippen LogP contribution in [0.2, 0.25) is 0 Å². The number of aryl methyl sites for hydroxylation is 3. The summed E-state index contributed by atoms with van der Waals surface area (Å²) in [6.07, 6.45) is 0.984. The first-order valence-corrected chi connectivity index (χ1v) is 9.65. The zero-order valence-electron chi connectivity index (χ0n) is 17.6. The van der Waals surface area contributed by atoms with Crippen molar-refractivity contribution in [1.29, 1.82) is 0 Å². The number of para-hydroxylation sites is 1. The van der Waals surface area contributed by atoms with Gasteiger partial charge in [0.2, 0.25) is 5.91 Å². The van der Waals surface area contributed by atoms with Crippen LogP contribution in [0.1, 0.15) is 33.9 Å². The minimum Gasteiger partial charge on any atom is -0.496 e. The molecule has 0 radical (unpaired) electrons. The molecule has 3 rings (SSSR count). The molecule has 0 unspecified atom stereocenters. The monoisotopic (exact) mass is 393 g/mol. The zero-order valence-corrected chi connectivity index (χ0v) is 17.6. The first-order chi connectivity index (χ1) is 13.9. The molecule has 152 valence electrons. The van der Waals surface area contributed by atoms with Crippen molar-refractivity contribution in [2.45, 2.75) is 40.5 Å². The van der Waals surface area contributed by atoms with Crippen molar-refractivity contribution in [2.24, 2.45) is 0 Å². The fourth-order valence-corrected chi connectivity index (χ4v) is 3.40. The van der Waals surface area contributed by atoms with E-state index in [4.69, 9.17) is 4.74 Å². The Hall–Kier alpha value is -3.22. The van der Waals surface area contributed by atoms with E-state index >= 15 is 0 Å². The summed E-state index contributed by atoms with van der Waals surface area (Å²) in [5.74, 6) is 1.33. The number of hydrogen-bond acceptors (Lipinski definition) is 5. The van der Waals surface area contributed by atoms with Gasteiger partial charge in [-0.2, -0.15) is 5.10 Å². The zero-order chi connectivity index (χ0) is 21.0. The third kappa shape index (κ3) is 4.80. The lowest BCUT2D eigenvalue weighted by Crippen LogP contribution is -2.27. The Labute approximate surface area is 171 Å². The molecule has 1 N–H and O–H groups in total. The van der Waals surface area contributed by atoms with Crippen LogP contribution in [0.25, 0.3) is 5.95 Å². The van der Waals surface area contributed by atoms with Crippen LogP contribution in [0.5, 0.6) is 5.75 Å². The van der Waals surface area contributed by atoms with E-state index in [2.05, 4.69) is 20.4 Å². The summed E-state index contributed by atoms with van der Waals surface area (Å²) in [5.41, 5.74) is 5.44. The molecule has 7 heteroatoms. The molecule has 0 saturated heterocycles.